The van der Waals surface area contributed by atoms with Crippen LogP contribution in [-0.4, -0.2) is 150 Å². The maximum atomic E-state index is 14.8. The molecule has 2 aromatic carbocycles. The van der Waals surface area contributed by atoms with E-state index in [-0.39, 0.29) is 111 Å². The lowest BCUT2D eigenvalue weighted by Gasteiger charge is -2.37. The number of likely N-dealkylation sites (tertiary alicyclic amines) is 1. The van der Waals surface area contributed by atoms with Crippen LogP contribution in [0.1, 0.15) is 90.2 Å². The van der Waals surface area contributed by atoms with Crippen molar-refractivity contribution in [2.75, 3.05) is 67.7 Å². The number of benzene rings is 2. The van der Waals surface area contributed by atoms with Gasteiger partial charge in [0.15, 0.2) is 0 Å². The number of cyclic esters (lactones) is 1. The third kappa shape index (κ3) is 14.6. The highest BCUT2D eigenvalue weighted by atomic mass is 32.1. The van der Waals surface area contributed by atoms with Crippen LogP contribution in [-0.2, 0) is 57.6 Å². The number of nitrogens with zero attached hydrogens (tertiary/aromatic N) is 6. The zero-order valence-electron chi connectivity index (χ0n) is 46.9. The normalized spacial score (nSPS) is 21.7. The molecule has 4 aliphatic rings. The van der Waals surface area contributed by atoms with Crippen molar-refractivity contribution in [2.45, 2.75) is 116 Å². The molecule has 3 fully saturated rings. The highest BCUT2D eigenvalue weighted by Crippen LogP contribution is 2.42. The summed E-state index contributed by atoms with van der Waals surface area (Å²) in [7, 11) is 7.15. The van der Waals surface area contributed by atoms with Crippen LogP contribution in [0.25, 0.3) is 33.3 Å². The van der Waals surface area contributed by atoms with E-state index in [0.29, 0.717) is 65.0 Å². The number of esters is 1. The maximum absolute atomic E-state index is 14.8. The van der Waals surface area contributed by atoms with Crippen molar-refractivity contribution in [3.05, 3.63) is 77.6 Å². The van der Waals surface area contributed by atoms with E-state index in [4.69, 9.17) is 19.2 Å². The van der Waals surface area contributed by atoms with Crippen LogP contribution in [0.15, 0.2) is 60.8 Å². The lowest BCUT2D eigenvalue weighted by Crippen LogP contribution is -2.62. The average molecular weight is 1170 g/mol. The van der Waals surface area contributed by atoms with Gasteiger partial charge in [-0.3, -0.25) is 38.9 Å². The van der Waals surface area contributed by atoms with E-state index in [2.05, 4.69) is 84.3 Å². The Hall–Kier alpha value is -4.37. The molecule has 3 saturated heterocycles. The molecule has 8 rings (SSSR count). The summed E-state index contributed by atoms with van der Waals surface area (Å²) in [5, 5.41) is 5.60. The van der Waals surface area contributed by atoms with Gasteiger partial charge in [0.2, 0.25) is 11.8 Å². The van der Waals surface area contributed by atoms with Gasteiger partial charge in [-0.1, -0.05) is 63.9 Å². The first-order valence-electron chi connectivity index (χ1n) is 26.0. The number of hydrogen-bond donors (Lipinski definition) is 2. The minimum Gasteiger partial charge on any atom is -0.464 e. The molecule has 16 nitrogen and oxygen atoms in total. The first kappa shape index (κ1) is 67.9. The van der Waals surface area contributed by atoms with Crippen molar-refractivity contribution in [1.82, 2.24) is 40.0 Å². The largest absolute Gasteiger partial charge is 0.464 e. The van der Waals surface area contributed by atoms with Gasteiger partial charge in [0.1, 0.15) is 23.7 Å². The van der Waals surface area contributed by atoms with Gasteiger partial charge in [-0.05, 0) is 112 Å². The minimum absolute atomic E-state index is 0. The molecule has 0 radical (unpaired) electrons. The second kappa shape index (κ2) is 28.9. The van der Waals surface area contributed by atoms with Crippen LogP contribution in [0.3, 0.4) is 0 Å². The Kier molecular flexibility index (Phi) is 25.1. The molecular weight excluding hydrogens is 1090 g/mol. The number of aryl methyl sites for hydroxylation is 1. The Morgan fingerprint density at radius 3 is 2.35 bits per heavy atom. The van der Waals surface area contributed by atoms with Gasteiger partial charge < -0.3 is 33.9 Å². The highest BCUT2D eigenvalue weighted by molar-refractivity contribution is 7.60. The van der Waals surface area contributed by atoms with Gasteiger partial charge in [-0.15, -0.1) is 0 Å². The molecule has 1 unspecified atom stereocenters. The number of carbonyl (C=O) groups excluding carboxylic acids is 5. The van der Waals surface area contributed by atoms with Gasteiger partial charge in [-0.2, -0.15) is 67.5 Å². The number of fused-ring (bicyclic) bond motifs is 6. The van der Waals surface area contributed by atoms with Crippen molar-refractivity contribution in [3.8, 4) is 34.2 Å². The monoisotopic (exact) mass is 1170 g/mol. The van der Waals surface area contributed by atoms with Crippen LogP contribution in [0, 0.1) is 29.1 Å². The van der Waals surface area contributed by atoms with Gasteiger partial charge in [0.05, 0.1) is 36.6 Å². The fourth-order valence-corrected chi connectivity index (χ4v) is 11.1. The number of pyridine rings is 1. The first-order valence-corrected chi connectivity index (χ1v) is 26.0. The lowest BCUT2D eigenvalue weighted by atomic mass is 9.84. The van der Waals surface area contributed by atoms with Crippen molar-refractivity contribution < 1.29 is 38.2 Å². The predicted molar refractivity (Wildman–Crippen MR) is 331 cm³/mol. The van der Waals surface area contributed by atoms with Crippen molar-refractivity contribution in [3.63, 3.8) is 0 Å². The van der Waals surface area contributed by atoms with Crippen LogP contribution >= 0.6 is 67.5 Å². The zero-order valence-corrected chi connectivity index (χ0v) is 51.9. The third-order valence-electron chi connectivity index (χ3n) is 15.4. The van der Waals surface area contributed by atoms with E-state index in [0.717, 1.165) is 50.1 Å². The van der Waals surface area contributed by atoms with Crippen LogP contribution < -0.4 is 10.7 Å². The molecule has 0 spiro atoms. The Labute approximate surface area is 496 Å². The Morgan fingerprint density at radius 2 is 1.68 bits per heavy atom. The quantitative estimate of drug-likeness (QED) is 0.134. The summed E-state index contributed by atoms with van der Waals surface area (Å²) in [4.78, 5) is 81.1. The Bertz CT molecular complexity index is 2810. The molecule has 4 amide bonds. The topological polar surface area (TPSA) is 168 Å². The van der Waals surface area contributed by atoms with Gasteiger partial charge >= 0.3 is 5.97 Å². The molecule has 430 valence electrons. The summed E-state index contributed by atoms with van der Waals surface area (Å²) in [6, 6.07) is 15.8. The summed E-state index contributed by atoms with van der Waals surface area (Å²) < 4.78 is 19.9. The Balaban J connectivity index is 0.00000320. The smallest absolute Gasteiger partial charge is 0.324 e. The third-order valence-corrected chi connectivity index (χ3v) is 15.4. The fourth-order valence-electron chi connectivity index (χ4n) is 11.1. The molecule has 6 heterocycles. The number of hydrogen-bond acceptors (Lipinski definition) is 11. The number of hydrazine groups is 1. The number of aromatic nitrogens is 2. The molecule has 2 aromatic heterocycles. The summed E-state index contributed by atoms with van der Waals surface area (Å²) in [5.41, 5.74) is 9.91. The standard InChI is InChI=1S/C57H74N8O8.5H2S/c1-11-64-47-20-19-40-31-43(47)44(51(64)42-17-13-25-58-49(42)37(4)71-10)32-56(5,6)34-73-55(70)45-18-14-26-65(60-45)54(69)46(30-38-15-12-16-39(40)29-38)59-52(67)50(36(2)3)62(9)53(68)41-22-27-63(33-41)48(66)21-23-57(61(7)8)24-28-72-35-57;;;;;/h12-13,15-17,19-20,25,29,31,36-37,41,45-46,50,60H,11,14,18,22,24,26-28,30,32-35H2,1-10H3,(H,59,67);5*1H2/t37-,41-,45-,46-,50-,57?;;;;;/m0...../s1. The predicted octanol–water partition coefficient (Wildman–Crippen LogP) is 6.37. The van der Waals surface area contributed by atoms with Crippen LogP contribution in [0.4, 0.5) is 0 Å². The average Bonchev–Trinajstić information content (AvgIpc) is 4.15. The van der Waals surface area contributed by atoms with Crippen molar-refractivity contribution >= 4 is 108 Å². The SMILES string of the molecule is CCn1c(-c2cccnc2[C@H](C)OC)c2c3cc(ccc31)-c1cccc(c1)C[C@H](NC(=O)[C@H](C(C)C)N(C)C(=O)[C@H]1CCN(C(=O)C#CC3(N(C)C)CCOC3)C1)C(=O)N1CCC[C@H](N1)C(=O)OCC(C)(C)C2.S.S.S.S.S. The molecule has 6 bridgehead atoms. The van der Waals surface area contributed by atoms with E-state index < -0.39 is 52.8 Å². The van der Waals surface area contributed by atoms with Gasteiger partial charge in [0.25, 0.3) is 11.8 Å². The molecule has 6 atom stereocenters. The molecule has 78 heavy (non-hydrogen) atoms. The number of amides is 4. The van der Waals surface area contributed by atoms with Crippen LogP contribution in [0.5, 0.6) is 0 Å². The van der Waals surface area contributed by atoms with E-state index in [1.165, 1.54) is 9.91 Å². The second-order valence-electron chi connectivity index (χ2n) is 21.7. The number of ether oxygens (including phenoxy) is 3. The van der Waals surface area contributed by atoms with E-state index in [1.807, 2.05) is 58.0 Å². The molecule has 0 saturated carbocycles. The molecule has 0 aliphatic carbocycles. The van der Waals surface area contributed by atoms with Crippen molar-refractivity contribution in [1.29, 1.82) is 0 Å². The number of nitrogens with one attached hydrogen (secondary N) is 2. The summed E-state index contributed by atoms with van der Waals surface area (Å²) >= 11 is 0. The van der Waals surface area contributed by atoms with E-state index in [9.17, 15) is 24.0 Å². The molecule has 4 aliphatic heterocycles. The second-order valence-corrected chi connectivity index (χ2v) is 21.7. The van der Waals surface area contributed by atoms with Crippen molar-refractivity contribution in [2.24, 2.45) is 17.3 Å². The number of carbonyl (C=O) groups is 5. The summed E-state index contributed by atoms with van der Waals surface area (Å²) in [6.07, 6.45) is 4.39. The summed E-state index contributed by atoms with van der Waals surface area (Å²) in [5.74, 6) is 3.18. The van der Waals surface area contributed by atoms with E-state index in [1.54, 1.807) is 25.3 Å². The fraction of sp³-hybridized carbons (Fsp3) is 0.544. The van der Waals surface area contributed by atoms with E-state index >= 15 is 0 Å². The number of likely N-dealkylation sites (N-methyl/N-ethyl adjacent to an activating group) is 2. The maximum Gasteiger partial charge on any atom is 0.324 e. The molecule has 21 heteroatoms. The number of rotatable bonds is 10. The molecule has 4 aromatic rings. The minimum atomic E-state index is -1.07. The van der Waals surface area contributed by atoms with Gasteiger partial charge in [-0.25, -0.2) is 5.43 Å². The first-order chi connectivity index (χ1) is 34.8. The highest BCUT2D eigenvalue weighted by Gasteiger charge is 2.41. The molecule has 2 N–H and O–H groups in total. The lowest BCUT2D eigenvalue weighted by molar-refractivity contribution is -0.155. The van der Waals surface area contributed by atoms with Gasteiger partial charge in [0, 0.05) is 87.9 Å². The van der Waals surface area contributed by atoms with Crippen LogP contribution in [0.2, 0.25) is 0 Å². The summed E-state index contributed by atoms with van der Waals surface area (Å²) in [6.45, 7) is 14.8. The Morgan fingerprint density at radius 1 is 0.949 bits per heavy atom. The number of methoxy groups -OCH3 is 1. The zero-order chi connectivity index (χ0) is 52.4. The molecular formula is C57H84N8O8S5.